The first-order valence-electron chi connectivity index (χ1n) is 8.62. The zero-order valence-electron chi connectivity index (χ0n) is 12.9. The fraction of sp³-hybridized carbons (Fsp3) is 0.600. The Morgan fingerprint density at radius 3 is 2.48 bits per heavy atom. The molecule has 0 aromatic heterocycles. The van der Waals surface area contributed by atoms with Gasteiger partial charge in [0.05, 0.1) is 0 Å². The van der Waals surface area contributed by atoms with E-state index in [2.05, 4.69) is 12.7 Å². The molecule has 0 nitrogen and oxygen atoms in total. The van der Waals surface area contributed by atoms with Crippen LogP contribution in [0.3, 0.4) is 0 Å². The number of hydrogen-bond acceptors (Lipinski definition) is 0. The molecule has 0 radical (unpaired) electrons. The smallest absolute Gasteiger partial charge is 0.123 e. The van der Waals surface area contributed by atoms with Gasteiger partial charge in [-0.3, -0.25) is 0 Å². The lowest BCUT2D eigenvalue weighted by molar-refractivity contribution is 0.115. The van der Waals surface area contributed by atoms with Crippen LogP contribution in [0.1, 0.15) is 62.8 Å². The molecule has 3 rings (SSSR count). The second kappa shape index (κ2) is 6.77. The van der Waals surface area contributed by atoms with E-state index in [0.29, 0.717) is 5.92 Å². The van der Waals surface area contributed by atoms with Crippen LogP contribution in [0.5, 0.6) is 0 Å². The minimum Gasteiger partial charge on any atom is -0.207 e. The lowest BCUT2D eigenvalue weighted by atomic mass is 9.63. The van der Waals surface area contributed by atoms with Crippen LogP contribution in [0.4, 0.5) is 4.39 Å². The molecule has 4 unspecified atom stereocenters. The molecule has 0 N–H and O–H groups in total. The Hall–Kier alpha value is -1.11. The summed E-state index contributed by atoms with van der Waals surface area (Å²) in [6.45, 7) is 3.85. The molecule has 4 atom stereocenters. The van der Waals surface area contributed by atoms with Crippen molar-refractivity contribution in [3.63, 3.8) is 0 Å². The highest BCUT2D eigenvalue weighted by atomic mass is 19.1. The van der Waals surface area contributed by atoms with Crippen LogP contribution >= 0.6 is 0 Å². The van der Waals surface area contributed by atoms with Crippen molar-refractivity contribution in [3.8, 4) is 0 Å². The van der Waals surface area contributed by atoms with Gasteiger partial charge in [0.2, 0.25) is 0 Å². The van der Waals surface area contributed by atoms with Crippen LogP contribution in [0.2, 0.25) is 0 Å². The average Bonchev–Trinajstić information content (AvgIpc) is 2.53. The maximum atomic E-state index is 13.1. The van der Waals surface area contributed by atoms with E-state index in [1.54, 1.807) is 12.1 Å². The second-order valence-corrected chi connectivity index (χ2v) is 7.13. The number of rotatable bonds is 4. The lowest BCUT2D eigenvalue weighted by Gasteiger charge is -2.42. The normalized spacial score (nSPS) is 32.4. The number of halogens is 1. The molecule has 0 saturated heterocycles. The van der Waals surface area contributed by atoms with Gasteiger partial charge in [-0.15, -0.1) is 6.58 Å². The van der Waals surface area contributed by atoms with E-state index in [4.69, 9.17) is 0 Å². The van der Waals surface area contributed by atoms with Crippen LogP contribution < -0.4 is 0 Å². The monoisotopic (exact) mass is 286 g/mol. The van der Waals surface area contributed by atoms with Crippen LogP contribution in [0.15, 0.2) is 36.9 Å². The van der Waals surface area contributed by atoms with Crippen molar-refractivity contribution < 1.29 is 4.39 Å². The van der Waals surface area contributed by atoms with Gasteiger partial charge in [0, 0.05) is 0 Å². The van der Waals surface area contributed by atoms with Crippen molar-refractivity contribution in [1.82, 2.24) is 0 Å². The Kier molecular flexibility index (Phi) is 4.77. The Labute approximate surface area is 128 Å². The number of benzene rings is 1. The van der Waals surface area contributed by atoms with Crippen molar-refractivity contribution in [3.05, 3.63) is 48.3 Å². The van der Waals surface area contributed by atoms with Crippen molar-refractivity contribution in [2.24, 2.45) is 17.8 Å². The van der Waals surface area contributed by atoms with Gasteiger partial charge in [-0.25, -0.2) is 4.39 Å². The molecule has 0 heterocycles. The van der Waals surface area contributed by atoms with Crippen LogP contribution in [-0.2, 0) is 0 Å². The molecular weight excluding hydrogens is 259 g/mol. The zero-order valence-corrected chi connectivity index (χ0v) is 12.9. The largest absolute Gasteiger partial charge is 0.207 e. The number of allylic oxidation sites excluding steroid dienone is 1. The molecule has 2 aliphatic rings. The van der Waals surface area contributed by atoms with Crippen LogP contribution in [0.25, 0.3) is 0 Å². The Balaban J connectivity index is 1.57. The highest BCUT2D eigenvalue weighted by Crippen LogP contribution is 2.48. The van der Waals surface area contributed by atoms with Gasteiger partial charge in [-0.05, 0) is 86.3 Å². The Bertz CT molecular complexity index is 461. The standard InChI is InChI=1S/C20H27F/c1-2-3-4-15-5-6-19-14-18(8-7-17(19)13-15)16-9-11-20(21)12-10-16/h2,9-12,15,17-19H,1,3-8,13-14H2. The predicted molar refractivity (Wildman–Crippen MR) is 86.7 cm³/mol. The van der Waals surface area contributed by atoms with E-state index < -0.39 is 0 Å². The molecule has 1 aromatic carbocycles. The highest BCUT2D eigenvalue weighted by molar-refractivity contribution is 5.21. The topological polar surface area (TPSA) is 0 Å². The molecule has 0 aliphatic heterocycles. The first-order chi connectivity index (χ1) is 10.3. The zero-order chi connectivity index (χ0) is 14.7. The van der Waals surface area contributed by atoms with Gasteiger partial charge in [0.25, 0.3) is 0 Å². The van der Waals surface area contributed by atoms with Crippen molar-refractivity contribution in [2.45, 2.75) is 57.3 Å². The van der Waals surface area contributed by atoms with Crippen molar-refractivity contribution in [2.75, 3.05) is 0 Å². The minimum atomic E-state index is -0.116. The van der Waals surface area contributed by atoms with E-state index >= 15 is 0 Å². The predicted octanol–water partition coefficient (Wildman–Crippen LogP) is 6.09. The van der Waals surface area contributed by atoms with Crippen molar-refractivity contribution >= 4 is 0 Å². The molecule has 114 valence electrons. The molecule has 0 bridgehead atoms. The molecule has 2 aliphatic carbocycles. The second-order valence-electron chi connectivity index (χ2n) is 7.13. The SMILES string of the molecule is C=CCCC1CCC2CC(c3ccc(F)cc3)CCC2C1. The summed E-state index contributed by atoms with van der Waals surface area (Å²) in [5, 5.41) is 0. The van der Waals surface area contributed by atoms with E-state index in [1.807, 2.05) is 12.1 Å². The van der Waals surface area contributed by atoms with E-state index in [-0.39, 0.29) is 5.82 Å². The molecule has 2 saturated carbocycles. The summed E-state index contributed by atoms with van der Waals surface area (Å²) in [4.78, 5) is 0. The first-order valence-corrected chi connectivity index (χ1v) is 8.62. The average molecular weight is 286 g/mol. The fourth-order valence-corrected chi connectivity index (χ4v) is 4.64. The fourth-order valence-electron chi connectivity index (χ4n) is 4.64. The third-order valence-corrected chi connectivity index (χ3v) is 5.84. The summed E-state index contributed by atoms with van der Waals surface area (Å²) >= 11 is 0. The van der Waals surface area contributed by atoms with Gasteiger partial charge < -0.3 is 0 Å². The molecule has 0 spiro atoms. The summed E-state index contributed by atoms with van der Waals surface area (Å²) < 4.78 is 13.1. The van der Waals surface area contributed by atoms with Gasteiger partial charge in [0.15, 0.2) is 0 Å². The minimum absolute atomic E-state index is 0.116. The summed E-state index contributed by atoms with van der Waals surface area (Å²) in [5.41, 5.74) is 1.35. The molecular formula is C20H27F. The molecule has 0 amide bonds. The van der Waals surface area contributed by atoms with Gasteiger partial charge in [-0.2, -0.15) is 0 Å². The summed E-state index contributed by atoms with van der Waals surface area (Å²) in [6.07, 6.45) is 12.8. The van der Waals surface area contributed by atoms with E-state index in [0.717, 1.165) is 17.8 Å². The first kappa shape index (κ1) is 14.8. The number of fused-ring (bicyclic) bond motifs is 1. The van der Waals surface area contributed by atoms with Gasteiger partial charge >= 0.3 is 0 Å². The molecule has 1 aromatic rings. The third-order valence-electron chi connectivity index (χ3n) is 5.84. The maximum absolute atomic E-state index is 13.1. The Morgan fingerprint density at radius 2 is 1.71 bits per heavy atom. The molecule has 21 heavy (non-hydrogen) atoms. The maximum Gasteiger partial charge on any atom is 0.123 e. The van der Waals surface area contributed by atoms with E-state index in [1.165, 1.54) is 56.9 Å². The van der Waals surface area contributed by atoms with Crippen LogP contribution in [-0.4, -0.2) is 0 Å². The molecule has 1 heteroatoms. The van der Waals surface area contributed by atoms with Gasteiger partial charge in [0.1, 0.15) is 5.82 Å². The third kappa shape index (κ3) is 3.56. The quantitative estimate of drug-likeness (QED) is 0.587. The molecule has 2 fully saturated rings. The van der Waals surface area contributed by atoms with Crippen molar-refractivity contribution in [1.29, 1.82) is 0 Å². The number of hydrogen-bond donors (Lipinski definition) is 0. The highest BCUT2D eigenvalue weighted by Gasteiger charge is 2.35. The van der Waals surface area contributed by atoms with Crippen LogP contribution in [0, 0.1) is 23.6 Å². The lowest BCUT2D eigenvalue weighted by Crippen LogP contribution is -2.30. The summed E-state index contributed by atoms with van der Waals surface area (Å²) in [6, 6.07) is 7.23. The Morgan fingerprint density at radius 1 is 1.00 bits per heavy atom. The van der Waals surface area contributed by atoms with Gasteiger partial charge in [-0.1, -0.05) is 24.6 Å². The summed E-state index contributed by atoms with van der Waals surface area (Å²) in [5.74, 6) is 3.34. The summed E-state index contributed by atoms with van der Waals surface area (Å²) in [7, 11) is 0. The van der Waals surface area contributed by atoms with E-state index in [9.17, 15) is 4.39 Å².